The first-order valence-electron chi connectivity index (χ1n) is 6.62. The van der Waals surface area contributed by atoms with E-state index in [9.17, 15) is 4.79 Å². The Morgan fingerprint density at radius 2 is 2.44 bits per heavy atom. The molecule has 0 aliphatic carbocycles. The van der Waals surface area contributed by atoms with Gasteiger partial charge in [0.15, 0.2) is 0 Å². The summed E-state index contributed by atoms with van der Waals surface area (Å²) in [4.78, 5) is 18.5. The Kier molecular flexibility index (Phi) is 2.86. The number of imidazole rings is 1. The van der Waals surface area contributed by atoms with Gasteiger partial charge in [0.1, 0.15) is 5.82 Å². The number of hydrogen-bond donors (Lipinski definition) is 1. The van der Waals surface area contributed by atoms with Crippen LogP contribution in [0.1, 0.15) is 25.1 Å². The minimum atomic E-state index is 0.175. The van der Waals surface area contributed by atoms with Crippen molar-refractivity contribution in [3.63, 3.8) is 0 Å². The summed E-state index contributed by atoms with van der Waals surface area (Å²) in [5.41, 5.74) is 0. The molecule has 0 radical (unpaired) electrons. The quantitative estimate of drug-likeness (QED) is 0.848. The van der Waals surface area contributed by atoms with Crippen LogP contribution in [0.4, 0.5) is 0 Å². The molecule has 3 heterocycles. The second-order valence-corrected chi connectivity index (χ2v) is 5.54. The summed E-state index contributed by atoms with van der Waals surface area (Å²) in [5, 5.41) is 3.52. The highest BCUT2D eigenvalue weighted by atomic mass is 16.2. The van der Waals surface area contributed by atoms with Gasteiger partial charge in [0.05, 0.1) is 12.5 Å². The van der Waals surface area contributed by atoms with Crippen LogP contribution in [0.25, 0.3) is 0 Å². The molecule has 2 bridgehead atoms. The Labute approximate surface area is 107 Å². The number of hydrogen-bond acceptors (Lipinski definition) is 3. The molecule has 1 amide bonds. The van der Waals surface area contributed by atoms with Crippen molar-refractivity contribution in [2.24, 2.45) is 13.0 Å². The first-order chi connectivity index (χ1) is 8.65. The number of aryl methyl sites for hydroxylation is 1. The number of rotatable bonds is 3. The highest BCUT2D eigenvalue weighted by Crippen LogP contribution is 2.34. The van der Waals surface area contributed by atoms with E-state index in [0.717, 1.165) is 18.7 Å². The van der Waals surface area contributed by atoms with Gasteiger partial charge in [-0.05, 0) is 19.3 Å². The molecule has 2 saturated heterocycles. The van der Waals surface area contributed by atoms with E-state index in [-0.39, 0.29) is 11.8 Å². The fourth-order valence-electron chi connectivity index (χ4n) is 3.22. The Hall–Kier alpha value is -1.36. The highest BCUT2D eigenvalue weighted by molar-refractivity contribution is 5.80. The molecule has 18 heavy (non-hydrogen) atoms. The topological polar surface area (TPSA) is 50.2 Å². The fraction of sp³-hybridized carbons (Fsp3) is 0.692. The molecule has 1 aromatic heterocycles. The average Bonchev–Trinajstić information content (AvgIpc) is 3.05. The van der Waals surface area contributed by atoms with E-state index < -0.39 is 0 Å². The summed E-state index contributed by atoms with van der Waals surface area (Å²) < 4.78 is 1.96. The van der Waals surface area contributed by atoms with Crippen molar-refractivity contribution in [2.45, 2.75) is 37.9 Å². The van der Waals surface area contributed by atoms with Crippen LogP contribution in [0.2, 0.25) is 0 Å². The third-order valence-electron chi connectivity index (χ3n) is 4.29. The normalized spacial score (nSPS) is 29.8. The van der Waals surface area contributed by atoms with Crippen molar-refractivity contribution >= 4 is 5.91 Å². The Morgan fingerprint density at radius 1 is 1.61 bits per heavy atom. The molecule has 2 aliphatic heterocycles. The van der Waals surface area contributed by atoms with Crippen LogP contribution in [0.5, 0.6) is 0 Å². The highest BCUT2D eigenvalue weighted by Gasteiger charge is 2.43. The van der Waals surface area contributed by atoms with E-state index in [2.05, 4.69) is 10.3 Å². The van der Waals surface area contributed by atoms with Crippen LogP contribution >= 0.6 is 0 Å². The van der Waals surface area contributed by atoms with Crippen molar-refractivity contribution in [3.05, 3.63) is 18.2 Å². The molecule has 1 N–H and O–H groups in total. The van der Waals surface area contributed by atoms with Gasteiger partial charge >= 0.3 is 0 Å². The summed E-state index contributed by atoms with van der Waals surface area (Å²) >= 11 is 0. The number of nitrogens with zero attached hydrogens (tertiary/aromatic N) is 3. The van der Waals surface area contributed by atoms with Crippen LogP contribution in [0.15, 0.2) is 12.4 Å². The first-order valence-corrected chi connectivity index (χ1v) is 6.62. The molecule has 98 valence electrons. The van der Waals surface area contributed by atoms with Gasteiger partial charge in [-0.15, -0.1) is 0 Å². The molecule has 5 nitrogen and oxygen atoms in total. The van der Waals surface area contributed by atoms with Gasteiger partial charge in [-0.1, -0.05) is 0 Å². The Morgan fingerprint density at radius 3 is 3.00 bits per heavy atom. The summed E-state index contributed by atoms with van der Waals surface area (Å²) in [6.07, 6.45) is 7.07. The fourth-order valence-corrected chi connectivity index (χ4v) is 3.22. The number of amides is 1. The van der Waals surface area contributed by atoms with E-state index in [0.29, 0.717) is 18.6 Å². The maximum atomic E-state index is 12.4. The van der Waals surface area contributed by atoms with Gasteiger partial charge in [-0.25, -0.2) is 4.98 Å². The smallest absolute Gasteiger partial charge is 0.227 e. The lowest BCUT2D eigenvalue weighted by Gasteiger charge is -2.25. The zero-order valence-corrected chi connectivity index (χ0v) is 11.0. The van der Waals surface area contributed by atoms with Crippen LogP contribution in [-0.2, 0) is 18.4 Å². The lowest BCUT2D eigenvalue weighted by atomic mass is 9.88. The van der Waals surface area contributed by atoms with Gasteiger partial charge in [-0.3, -0.25) is 4.79 Å². The predicted octanol–water partition coefficient (Wildman–Crippen LogP) is 0.519. The average molecular weight is 248 g/mol. The number of carbonyl (C=O) groups excluding carboxylic acids is 1. The molecule has 3 rings (SSSR count). The van der Waals surface area contributed by atoms with Crippen molar-refractivity contribution in [1.82, 2.24) is 19.8 Å². The van der Waals surface area contributed by atoms with E-state index in [1.165, 1.54) is 6.42 Å². The van der Waals surface area contributed by atoms with Gasteiger partial charge in [-0.2, -0.15) is 0 Å². The Bertz CT molecular complexity index is 456. The molecule has 0 aromatic carbocycles. The SMILES string of the molecule is CN(Cc1nccn1C)C(=O)C1CC2CCC1N2. The molecule has 5 heteroatoms. The largest absolute Gasteiger partial charge is 0.338 e. The van der Waals surface area contributed by atoms with E-state index in [1.54, 1.807) is 6.20 Å². The summed E-state index contributed by atoms with van der Waals surface area (Å²) in [5.74, 6) is 1.37. The maximum absolute atomic E-state index is 12.4. The molecule has 0 spiro atoms. The van der Waals surface area contributed by atoms with Crippen LogP contribution in [0.3, 0.4) is 0 Å². The molecule has 0 saturated carbocycles. The zero-order valence-electron chi connectivity index (χ0n) is 11.0. The first kappa shape index (κ1) is 11.7. The number of carbonyl (C=O) groups is 1. The van der Waals surface area contributed by atoms with Crippen LogP contribution < -0.4 is 5.32 Å². The molecule has 3 atom stereocenters. The lowest BCUT2D eigenvalue weighted by Crippen LogP contribution is -2.38. The Balaban J connectivity index is 1.64. The van der Waals surface area contributed by atoms with Crippen molar-refractivity contribution < 1.29 is 4.79 Å². The number of aromatic nitrogens is 2. The minimum absolute atomic E-state index is 0.175. The second-order valence-electron chi connectivity index (χ2n) is 5.54. The lowest BCUT2D eigenvalue weighted by molar-refractivity contribution is -0.135. The number of fused-ring (bicyclic) bond motifs is 2. The van der Waals surface area contributed by atoms with Gasteiger partial charge in [0, 0.05) is 38.6 Å². The molecule has 1 aromatic rings. The van der Waals surface area contributed by atoms with Crippen LogP contribution in [0, 0.1) is 5.92 Å². The predicted molar refractivity (Wildman–Crippen MR) is 67.7 cm³/mol. The van der Waals surface area contributed by atoms with Crippen molar-refractivity contribution in [3.8, 4) is 0 Å². The summed E-state index contributed by atoms with van der Waals surface area (Å²) in [6.45, 7) is 0.593. The summed E-state index contributed by atoms with van der Waals surface area (Å²) in [7, 11) is 3.84. The van der Waals surface area contributed by atoms with E-state index in [4.69, 9.17) is 0 Å². The monoisotopic (exact) mass is 248 g/mol. The standard InChI is InChI=1S/C13H20N4O/c1-16-6-5-14-12(16)8-17(2)13(18)10-7-9-3-4-11(10)15-9/h5-6,9-11,15H,3-4,7-8H2,1-2H3. The third kappa shape index (κ3) is 1.92. The molecular weight excluding hydrogens is 228 g/mol. The molecule has 2 aliphatic rings. The van der Waals surface area contributed by atoms with Crippen LogP contribution in [-0.4, -0.2) is 39.5 Å². The third-order valence-corrected chi connectivity index (χ3v) is 4.29. The molecular formula is C13H20N4O. The van der Waals surface area contributed by atoms with Crippen molar-refractivity contribution in [2.75, 3.05) is 7.05 Å². The van der Waals surface area contributed by atoms with Crippen molar-refractivity contribution in [1.29, 1.82) is 0 Å². The van der Waals surface area contributed by atoms with Gasteiger partial charge in [0.25, 0.3) is 0 Å². The van der Waals surface area contributed by atoms with E-state index >= 15 is 0 Å². The minimum Gasteiger partial charge on any atom is -0.338 e. The number of nitrogens with one attached hydrogen (secondary N) is 1. The molecule has 2 fully saturated rings. The van der Waals surface area contributed by atoms with E-state index in [1.807, 2.05) is 29.8 Å². The maximum Gasteiger partial charge on any atom is 0.227 e. The van der Waals surface area contributed by atoms with Gasteiger partial charge < -0.3 is 14.8 Å². The molecule has 3 unspecified atom stereocenters. The van der Waals surface area contributed by atoms with Gasteiger partial charge in [0.2, 0.25) is 5.91 Å². The second kappa shape index (κ2) is 4.39. The zero-order chi connectivity index (χ0) is 12.7. The summed E-state index contributed by atoms with van der Waals surface area (Å²) in [6, 6.07) is 0.983.